The van der Waals surface area contributed by atoms with Gasteiger partial charge in [0.25, 0.3) is 5.91 Å². The van der Waals surface area contributed by atoms with E-state index in [9.17, 15) is 9.59 Å². The Morgan fingerprint density at radius 3 is 2.00 bits per heavy atom. The van der Waals surface area contributed by atoms with Crippen molar-refractivity contribution in [3.05, 3.63) is 0 Å². The zero-order chi connectivity index (χ0) is 14.6. The number of nitrogens with zero attached hydrogens (tertiary/aromatic N) is 1. The molecule has 18 heavy (non-hydrogen) atoms. The summed E-state index contributed by atoms with van der Waals surface area (Å²) < 4.78 is 5.09. The molecule has 2 amide bonds. The van der Waals surface area contributed by atoms with E-state index in [-0.39, 0.29) is 17.9 Å². The maximum Gasteiger partial charge on any atom is 0.426 e. The lowest BCUT2D eigenvalue weighted by molar-refractivity contribution is -0.134. The number of carbonyl (C=O) groups is 2. The van der Waals surface area contributed by atoms with Gasteiger partial charge in [0.1, 0.15) is 5.60 Å². The van der Waals surface area contributed by atoms with Gasteiger partial charge in [0.05, 0.1) is 6.54 Å². The molecular formula is C12H25N3O3. The van der Waals surface area contributed by atoms with Crippen LogP contribution >= 0.6 is 0 Å². The molecule has 106 valence electrons. The Morgan fingerprint density at radius 2 is 1.67 bits per heavy atom. The van der Waals surface area contributed by atoms with Crippen molar-refractivity contribution in [2.24, 2.45) is 11.1 Å². The van der Waals surface area contributed by atoms with Gasteiger partial charge in [0.15, 0.2) is 0 Å². The topological polar surface area (TPSA) is 84.7 Å². The molecule has 0 unspecified atom stereocenters. The van der Waals surface area contributed by atoms with Gasteiger partial charge in [-0.2, -0.15) is 0 Å². The normalized spacial score (nSPS) is 11.9. The SMILES string of the molecule is CC(C)(C)CN(NC(=O)OC(C)(C)C)C(=O)CN. The third kappa shape index (κ3) is 7.89. The van der Waals surface area contributed by atoms with Crippen molar-refractivity contribution in [3.8, 4) is 0 Å². The number of hydrogen-bond acceptors (Lipinski definition) is 4. The fourth-order valence-corrected chi connectivity index (χ4v) is 1.19. The average Bonchev–Trinajstić information content (AvgIpc) is 2.10. The molecule has 0 spiro atoms. The van der Waals surface area contributed by atoms with Crippen molar-refractivity contribution in [3.63, 3.8) is 0 Å². The first-order valence-corrected chi connectivity index (χ1v) is 5.95. The maximum absolute atomic E-state index is 11.6. The minimum absolute atomic E-state index is 0.153. The van der Waals surface area contributed by atoms with E-state index in [0.717, 1.165) is 0 Å². The molecule has 0 heterocycles. The zero-order valence-corrected chi connectivity index (χ0v) is 12.2. The number of nitrogens with two attached hydrogens (primary N) is 1. The second kappa shape index (κ2) is 6.04. The lowest BCUT2D eigenvalue weighted by Crippen LogP contribution is -2.52. The number of hydrazine groups is 1. The van der Waals surface area contributed by atoms with Crippen LogP contribution in [0.2, 0.25) is 0 Å². The molecule has 0 rings (SSSR count). The number of amides is 2. The van der Waals surface area contributed by atoms with Crippen LogP contribution in [0.15, 0.2) is 0 Å². The van der Waals surface area contributed by atoms with Crippen molar-refractivity contribution >= 4 is 12.0 Å². The second-order valence-electron chi connectivity index (χ2n) is 6.36. The average molecular weight is 259 g/mol. The highest BCUT2D eigenvalue weighted by molar-refractivity contribution is 5.80. The van der Waals surface area contributed by atoms with Gasteiger partial charge >= 0.3 is 6.09 Å². The molecule has 0 atom stereocenters. The van der Waals surface area contributed by atoms with Gasteiger partial charge in [-0.25, -0.2) is 15.2 Å². The van der Waals surface area contributed by atoms with E-state index in [2.05, 4.69) is 5.43 Å². The maximum atomic E-state index is 11.6. The quantitative estimate of drug-likeness (QED) is 0.731. The monoisotopic (exact) mass is 259 g/mol. The van der Waals surface area contributed by atoms with Crippen LogP contribution in [0.4, 0.5) is 4.79 Å². The van der Waals surface area contributed by atoms with Gasteiger partial charge in [-0.3, -0.25) is 4.79 Å². The number of hydrogen-bond donors (Lipinski definition) is 2. The Hall–Kier alpha value is -1.30. The van der Waals surface area contributed by atoms with Gasteiger partial charge in [-0.1, -0.05) is 20.8 Å². The van der Waals surface area contributed by atoms with Crippen LogP contribution in [-0.2, 0) is 9.53 Å². The molecule has 0 saturated carbocycles. The first-order chi connectivity index (χ1) is 7.94. The fraction of sp³-hybridized carbons (Fsp3) is 0.833. The van der Waals surface area contributed by atoms with Crippen molar-refractivity contribution in [2.45, 2.75) is 47.1 Å². The van der Waals surface area contributed by atoms with Crippen LogP contribution in [0.5, 0.6) is 0 Å². The third-order valence-electron chi connectivity index (χ3n) is 1.73. The molecule has 0 aromatic heterocycles. The molecule has 3 N–H and O–H groups in total. The molecule has 0 aliphatic rings. The summed E-state index contributed by atoms with van der Waals surface area (Å²) in [5, 5.41) is 1.20. The minimum atomic E-state index is -0.659. The summed E-state index contributed by atoms with van der Waals surface area (Å²) in [6.45, 7) is 11.3. The van der Waals surface area contributed by atoms with Crippen molar-refractivity contribution in [2.75, 3.05) is 13.1 Å². The zero-order valence-electron chi connectivity index (χ0n) is 12.2. The Bertz CT molecular complexity index is 303. The van der Waals surface area contributed by atoms with Crippen LogP contribution < -0.4 is 11.2 Å². The standard InChI is InChI=1S/C12H25N3O3/c1-11(2,3)8-15(9(16)7-13)14-10(17)18-12(4,5)6/h7-8,13H2,1-6H3,(H,14,17). The molecule has 0 radical (unpaired) electrons. The van der Waals surface area contributed by atoms with E-state index in [4.69, 9.17) is 10.5 Å². The molecular weight excluding hydrogens is 234 g/mol. The lowest BCUT2D eigenvalue weighted by Gasteiger charge is -2.30. The summed E-state index contributed by atoms with van der Waals surface area (Å²) in [5.74, 6) is -0.351. The molecule has 0 saturated heterocycles. The molecule has 0 aliphatic carbocycles. The van der Waals surface area contributed by atoms with Crippen LogP contribution in [-0.4, -0.2) is 35.7 Å². The van der Waals surface area contributed by atoms with Crippen LogP contribution in [0, 0.1) is 5.41 Å². The number of nitrogens with one attached hydrogen (secondary N) is 1. The molecule has 0 fully saturated rings. The smallest absolute Gasteiger partial charge is 0.426 e. The van der Waals surface area contributed by atoms with Crippen LogP contribution in [0.1, 0.15) is 41.5 Å². The Kier molecular flexibility index (Phi) is 5.60. The summed E-state index contributed by atoms with van der Waals surface area (Å²) in [7, 11) is 0. The van der Waals surface area contributed by atoms with E-state index in [1.54, 1.807) is 20.8 Å². The molecule has 0 aliphatic heterocycles. The van der Waals surface area contributed by atoms with Gasteiger partial charge in [-0.05, 0) is 26.2 Å². The molecule has 0 aromatic rings. The number of rotatable bonds is 2. The lowest BCUT2D eigenvalue weighted by atomic mass is 9.97. The minimum Gasteiger partial charge on any atom is -0.443 e. The molecule has 6 nitrogen and oxygen atoms in total. The predicted molar refractivity (Wildman–Crippen MR) is 69.6 cm³/mol. The predicted octanol–water partition coefficient (Wildman–Crippen LogP) is 1.26. The fourth-order valence-electron chi connectivity index (χ4n) is 1.19. The Balaban J connectivity index is 4.61. The molecule has 0 bridgehead atoms. The third-order valence-corrected chi connectivity index (χ3v) is 1.73. The van der Waals surface area contributed by atoms with Crippen LogP contribution in [0.3, 0.4) is 0 Å². The summed E-state index contributed by atoms with van der Waals surface area (Å²) in [6.07, 6.45) is -0.659. The van der Waals surface area contributed by atoms with Gasteiger partial charge in [-0.15, -0.1) is 0 Å². The summed E-state index contributed by atoms with van der Waals surface area (Å²) in [6, 6.07) is 0. The molecule has 0 aromatic carbocycles. The highest BCUT2D eigenvalue weighted by atomic mass is 16.6. The van der Waals surface area contributed by atoms with Gasteiger partial charge in [0.2, 0.25) is 0 Å². The van der Waals surface area contributed by atoms with E-state index in [1.165, 1.54) is 5.01 Å². The van der Waals surface area contributed by atoms with E-state index in [0.29, 0.717) is 6.54 Å². The van der Waals surface area contributed by atoms with Crippen molar-refractivity contribution in [1.29, 1.82) is 0 Å². The molecule has 6 heteroatoms. The largest absolute Gasteiger partial charge is 0.443 e. The van der Waals surface area contributed by atoms with E-state index in [1.807, 2.05) is 20.8 Å². The number of ether oxygens (including phenoxy) is 1. The summed E-state index contributed by atoms with van der Waals surface area (Å²) in [5.41, 5.74) is 6.97. The highest BCUT2D eigenvalue weighted by Gasteiger charge is 2.24. The first kappa shape index (κ1) is 16.7. The Labute approximate surface area is 109 Å². The summed E-state index contributed by atoms with van der Waals surface area (Å²) >= 11 is 0. The second-order valence-corrected chi connectivity index (χ2v) is 6.36. The highest BCUT2D eigenvalue weighted by Crippen LogP contribution is 2.14. The summed E-state index contributed by atoms with van der Waals surface area (Å²) in [4.78, 5) is 23.2. The van der Waals surface area contributed by atoms with Gasteiger partial charge in [0, 0.05) is 6.54 Å². The van der Waals surface area contributed by atoms with E-state index >= 15 is 0 Å². The van der Waals surface area contributed by atoms with Gasteiger partial charge < -0.3 is 10.5 Å². The first-order valence-electron chi connectivity index (χ1n) is 5.95. The Morgan fingerprint density at radius 1 is 1.17 bits per heavy atom. The van der Waals surface area contributed by atoms with Crippen molar-refractivity contribution in [1.82, 2.24) is 10.4 Å². The van der Waals surface area contributed by atoms with E-state index < -0.39 is 11.7 Å². The number of carbonyl (C=O) groups excluding carboxylic acids is 2. The van der Waals surface area contributed by atoms with Crippen LogP contribution in [0.25, 0.3) is 0 Å². The van der Waals surface area contributed by atoms with Crippen molar-refractivity contribution < 1.29 is 14.3 Å².